The molecular weight excluding hydrogens is 490 g/mol. The van der Waals surface area contributed by atoms with E-state index in [4.69, 9.17) is 18.9 Å². The second-order valence-corrected chi connectivity index (χ2v) is 8.50. The van der Waals surface area contributed by atoms with Gasteiger partial charge in [0.15, 0.2) is 11.5 Å². The van der Waals surface area contributed by atoms with E-state index in [1.807, 2.05) is 6.07 Å². The summed E-state index contributed by atoms with van der Waals surface area (Å²) in [6, 6.07) is 15.5. The summed E-state index contributed by atoms with van der Waals surface area (Å²) in [5.74, 6) is -0.559. The molecule has 0 saturated carbocycles. The molecule has 1 aliphatic heterocycles. The van der Waals surface area contributed by atoms with E-state index in [2.05, 4.69) is 0 Å². The molecule has 4 rings (SSSR count). The number of aliphatic hydroxyl groups is 1. The van der Waals surface area contributed by atoms with E-state index in [-0.39, 0.29) is 34.9 Å². The van der Waals surface area contributed by atoms with Crippen LogP contribution in [0, 0.1) is 0 Å². The number of Topliss-reactive ketones (excluding diaryl/α,β-unsaturated/α-hetero) is 1. The van der Waals surface area contributed by atoms with Crippen molar-refractivity contribution in [3.8, 4) is 28.7 Å². The minimum absolute atomic E-state index is 0.0633. The Hall–Kier alpha value is -4.66. The average Bonchev–Trinajstić information content (AvgIpc) is 3.18. The van der Waals surface area contributed by atoms with Crippen LogP contribution in [0.1, 0.15) is 29.7 Å². The van der Waals surface area contributed by atoms with Crippen LogP contribution in [0.15, 0.2) is 66.2 Å². The highest BCUT2D eigenvalue weighted by Gasteiger charge is 2.46. The van der Waals surface area contributed by atoms with Gasteiger partial charge in [0, 0.05) is 12.6 Å². The third-order valence-corrected chi connectivity index (χ3v) is 6.29. The van der Waals surface area contributed by atoms with Crippen LogP contribution in [0.4, 0.5) is 0 Å². The highest BCUT2D eigenvalue weighted by atomic mass is 16.5. The normalized spacial score (nSPS) is 16.4. The Kier molecular flexibility index (Phi) is 7.76. The first-order valence-electron chi connectivity index (χ1n) is 11.9. The van der Waals surface area contributed by atoms with Gasteiger partial charge >= 0.3 is 0 Å². The molecule has 9 heteroatoms. The molecule has 0 aromatic heterocycles. The van der Waals surface area contributed by atoms with Crippen molar-refractivity contribution in [1.29, 1.82) is 0 Å². The zero-order valence-corrected chi connectivity index (χ0v) is 21.6. The number of aliphatic hydroxyl groups excluding tert-OH is 1. The predicted octanol–water partition coefficient (Wildman–Crippen LogP) is 4.44. The number of aromatic hydroxyl groups is 1. The lowest BCUT2D eigenvalue weighted by Crippen LogP contribution is -2.29. The molecular formula is C29H29NO8. The zero-order chi connectivity index (χ0) is 27.4. The van der Waals surface area contributed by atoms with E-state index >= 15 is 0 Å². The minimum atomic E-state index is -0.979. The van der Waals surface area contributed by atoms with Gasteiger partial charge < -0.3 is 34.1 Å². The molecule has 38 heavy (non-hydrogen) atoms. The molecule has 1 atom stereocenters. The summed E-state index contributed by atoms with van der Waals surface area (Å²) in [7, 11) is 4.47. The summed E-state index contributed by atoms with van der Waals surface area (Å²) in [5.41, 5.74) is 1.31. The highest BCUT2D eigenvalue weighted by molar-refractivity contribution is 6.46. The number of methoxy groups -OCH3 is 3. The molecule has 1 fully saturated rings. The lowest BCUT2D eigenvalue weighted by molar-refractivity contribution is -0.140. The number of rotatable bonds is 9. The first-order valence-corrected chi connectivity index (χ1v) is 11.9. The molecule has 0 radical (unpaired) electrons. The summed E-state index contributed by atoms with van der Waals surface area (Å²) in [6.07, 6.45) is 0. The van der Waals surface area contributed by atoms with E-state index in [1.54, 1.807) is 62.6 Å². The number of hydrogen-bond acceptors (Lipinski definition) is 8. The summed E-state index contributed by atoms with van der Waals surface area (Å²) in [4.78, 5) is 28.2. The van der Waals surface area contributed by atoms with Gasteiger partial charge in [-0.3, -0.25) is 9.59 Å². The van der Waals surface area contributed by atoms with Gasteiger partial charge in [-0.2, -0.15) is 0 Å². The molecule has 0 spiro atoms. The maximum absolute atomic E-state index is 13.4. The number of carbonyl (C=O) groups excluding carboxylic acids is 2. The number of amides is 1. The SMILES string of the molecule is CCOc1cc(C2/C(=C(\O)c3ccc(OC)cc3OC)C(=O)C(=O)N2Cc2cccc(OC)c2)ccc1O. The van der Waals surface area contributed by atoms with Crippen molar-refractivity contribution in [2.45, 2.75) is 19.5 Å². The quantitative estimate of drug-likeness (QED) is 0.242. The fraction of sp³-hybridized carbons (Fsp3) is 0.241. The number of phenols is 1. The lowest BCUT2D eigenvalue weighted by Gasteiger charge is -2.26. The fourth-order valence-electron chi connectivity index (χ4n) is 4.47. The average molecular weight is 520 g/mol. The van der Waals surface area contributed by atoms with E-state index < -0.39 is 23.5 Å². The van der Waals surface area contributed by atoms with Crippen molar-refractivity contribution in [3.05, 3.63) is 82.9 Å². The highest BCUT2D eigenvalue weighted by Crippen LogP contribution is 2.44. The number of phenolic OH excluding ortho intramolecular Hbond substituents is 1. The van der Waals surface area contributed by atoms with Gasteiger partial charge in [0.1, 0.15) is 23.0 Å². The Morgan fingerprint density at radius 2 is 1.63 bits per heavy atom. The maximum Gasteiger partial charge on any atom is 0.295 e. The van der Waals surface area contributed by atoms with Crippen LogP contribution >= 0.6 is 0 Å². The number of hydrogen-bond donors (Lipinski definition) is 2. The Morgan fingerprint density at radius 1 is 0.895 bits per heavy atom. The van der Waals surface area contributed by atoms with Crippen molar-refractivity contribution in [3.63, 3.8) is 0 Å². The monoisotopic (exact) mass is 519 g/mol. The molecule has 3 aromatic rings. The van der Waals surface area contributed by atoms with Gasteiger partial charge in [-0.1, -0.05) is 18.2 Å². The summed E-state index contributed by atoms with van der Waals surface area (Å²) in [5, 5.41) is 21.7. The van der Waals surface area contributed by atoms with E-state index in [0.717, 1.165) is 5.56 Å². The van der Waals surface area contributed by atoms with Crippen molar-refractivity contribution in [1.82, 2.24) is 4.90 Å². The van der Waals surface area contributed by atoms with E-state index in [9.17, 15) is 19.8 Å². The minimum Gasteiger partial charge on any atom is -0.507 e. The smallest absolute Gasteiger partial charge is 0.295 e. The predicted molar refractivity (Wildman–Crippen MR) is 140 cm³/mol. The van der Waals surface area contributed by atoms with Gasteiger partial charge in [0.25, 0.3) is 11.7 Å². The first-order chi connectivity index (χ1) is 18.3. The Morgan fingerprint density at radius 3 is 2.32 bits per heavy atom. The molecule has 1 saturated heterocycles. The van der Waals surface area contributed by atoms with Crippen LogP contribution in [0.25, 0.3) is 5.76 Å². The largest absolute Gasteiger partial charge is 0.507 e. The molecule has 9 nitrogen and oxygen atoms in total. The standard InChI is InChI=1S/C29H29NO8/c1-5-38-24-14-18(9-12-22(24)31)26-25(27(32)21-11-10-20(36-3)15-23(21)37-4)28(33)29(34)30(26)16-17-7-6-8-19(13-17)35-2/h6-15,26,31-32H,5,16H2,1-4H3/b27-25+. The van der Waals surface area contributed by atoms with Crippen LogP contribution in [0.2, 0.25) is 0 Å². The Bertz CT molecular complexity index is 1400. The van der Waals surface area contributed by atoms with Crippen molar-refractivity contribution in [2.75, 3.05) is 27.9 Å². The molecule has 0 bridgehead atoms. The van der Waals surface area contributed by atoms with Crippen molar-refractivity contribution >= 4 is 17.4 Å². The second kappa shape index (κ2) is 11.2. The van der Waals surface area contributed by atoms with Crippen LogP contribution in [-0.4, -0.2) is 54.7 Å². The maximum atomic E-state index is 13.4. The summed E-state index contributed by atoms with van der Waals surface area (Å²) < 4.78 is 21.5. The van der Waals surface area contributed by atoms with Gasteiger partial charge in [-0.25, -0.2) is 0 Å². The fourth-order valence-corrected chi connectivity index (χ4v) is 4.47. The van der Waals surface area contributed by atoms with Gasteiger partial charge in [-0.05, 0) is 54.4 Å². The van der Waals surface area contributed by atoms with Gasteiger partial charge in [0.2, 0.25) is 0 Å². The second-order valence-electron chi connectivity index (χ2n) is 8.50. The number of nitrogens with zero attached hydrogens (tertiary/aromatic N) is 1. The Labute approximate surface area is 220 Å². The number of ether oxygens (including phenoxy) is 4. The molecule has 1 amide bonds. The Balaban J connectivity index is 1.91. The number of carbonyl (C=O) groups is 2. The lowest BCUT2D eigenvalue weighted by atomic mass is 9.94. The van der Waals surface area contributed by atoms with Gasteiger partial charge in [-0.15, -0.1) is 0 Å². The van der Waals surface area contributed by atoms with Crippen LogP contribution < -0.4 is 18.9 Å². The molecule has 1 aliphatic rings. The van der Waals surface area contributed by atoms with E-state index in [0.29, 0.717) is 23.7 Å². The summed E-state index contributed by atoms with van der Waals surface area (Å²) in [6.45, 7) is 2.13. The first kappa shape index (κ1) is 26.4. The van der Waals surface area contributed by atoms with Crippen molar-refractivity contribution < 1.29 is 38.7 Å². The molecule has 198 valence electrons. The third-order valence-electron chi connectivity index (χ3n) is 6.29. The number of likely N-dealkylation sites (tertiary alicyclic amines) is 1. The van der Waals surface area contributed by atoms with Crippen LogP contribution in [0.5, 0.6) is 28.7 Å². The zero-order valence-electron chi connectivity index (χ0n) is 21.6. The number of benzene rings is 3. The van der Waals surface area contributed by atoms with Crippen LogP contribution in [-0.2, 0) is 16.1 Å². The van der Waals surface area contributed by atoms with Gasteiger partial charge in [0.05, 0.1) is 45.1 Å². The molecule has 1 unspecified atom stereocenters. The topological polar surface area (TPSA) is 115 Å². The molecule has 3 aromatic carbocycles. The van der Waals surface area contributed by atoms with Crippen molar-refractivity contribution in [2.24, 2.45) is 0 Å². The van der Waals surface area contributed by atoms with Crippen LogP contribution in [0.3, 0.4) is 0 Å². The van der Waals surface area contributed by atoms with E-state index in [1.165, 1.54) is 25.2 Å². The molecule has 1 heterocycles. The number of ketones is 1. The summed E-state index contributed by atoms with van der Waals surface area (Å²) >= 11 is 0. The molecule has 0 aliphatic carbocycles. The molecule has 2 N–H and O–H groups in total. The third kappa shape index (κ3) is 4.95.